The van der Waals surface area contributed by atoms with Crippen molar-refractivity contribution in [3.8, 4) is 0 Å². The van der Waals surface area contributed by atoms with Crippen molar-refractivity contribution in [3.63, 3.8) is 0 Å². The van der Waals surface area contributed by atoms with Crippen molar-refractivity contribution in [1.82, 2.24) is 0 Å². The molecule has 0 heterocycles. The lowest BCUT2D eigenvalue weighted by molar-refractivity contribution is -0.177. The molecule has 0 aliphatic rings. The van der Waals surface area contributed by atoms with Crippen LogP contribution in [0.15, 0.2) is 0 Å². The normalized spacial score (nSPS) is 12.2. The Morgan fingerprint density at radius 1 is 0.650 bits per heavy atom. The molecule has 0 aromatic heterocycles. The predicted molar refractivity (Wildman–Crippen MR) is 92.4 cm³/mol. The van der Waals surface area contributed by atoms with Gasteiger partial charge in [0.1, 0.15) is 5.41 Å². The lowest BCUT2D eigenvalue weighted by atomic mass is 10.1. The molecule has 0 aliphatic carbocycles. The highest BCUT2D eigenvalue weighted by Gasteiger charge is 2.23. The molecule has 0 N–H and O–H groups in total. The monoisotopic (exact) mass is 302 g/mol. The van der Waals surface area contributed by atoms with Crippen LogP contribution in [0.5, 0.6) is 0 Å². The van der Waals surface area contributed by atoms with Crippen molar-refractivity contribution in [2.75, 3.05) is 13.2 Å². The van der Waals surface area contributed by atoms with Crippen LogP contribution in [0.25, 0.3) is 0 Å². The summed E-state index contributed by atoms with van der Waals surface area (Å²) in [6.45, 7) is 7.93. The summed E-state index contributed by atoms with van der Waals surface area (Å²) in [6.07, 6.45) is 14.9. The number of hydrogen-bond donors (Lipinski definition) is 0. The average Bonchev–Trinajstić information content (AvgIpc) is 2.41. The zero-order valence-corrected chi connectivity index (χ0v) is 16.5. The molecule has 0 spiro atoms. The third-order valence-electron chi connectivity index (χ3n) is 3.88. The summed E-state index contributed by atoms with van der Waals surface area (Å²) >= 11 is 0. The van der Waals surface area contributed by atoms with Gasteiger partial charge < -0.3 is 9.47 Å². The van der Waals surface area contributed by atoms with E-state index in [1.54, 1.807) is 0 Å². The summed E-state index contributed by atoms with van der Waals surface area (Å²) in [4.78, 5) is 0. The van der Waals surface area contributed by atoms with Crippen LogP contribution in [-0.4, -0.2) is 28.9 Å². The quantitative estimate of drug-likeness (QED) is 0.254. The van der Waals surface area contributed by atoms with Crippen LogP contribution in [0.3, 0.4) is 0 Å². The van der Waals surface area contributed by atoms with Crippen molar-refractivity contribution >= 4 is 10.2 Å². The predicted octanol–water partition coefficient (Wildman–Crippen LogP) is 4.39. The minimum Gasteiger partial charge on any atom is -0.355 e. The SMILES string of the molecule is CCCCCCCCCCCCC([SiH3])(OCC)OCC. The standard InChI is InChI=1S/C17H38O2Si/c1-4-7-8-9-10-11-12-13-14-15-16-17(20,18-5-2)19-6-3/h4-16H2,1-3,20H3. The Morgan fingerprint density at radius 3 is 1.45 bits per heavy atom. The second-order valence-electron chi connectivity index (χ2n) is 5.93. The van der Waals surface area contributed by atoms with Gasteiger partial charge in [0.25, 0.3) is 0 Å². The molecule has 0 radical (unpaired) electrons. The van der Waals surface area contributed by atoms with Crippen molar-refractivity contribution in [2.45, 2.75) is 96.8 Å². The summed E-state index contributed by atoms with van der Waals surface area (Å²) in [7, 11) is 0.964. The summed E-state index contributed by atoms with van der Waals surface area (Å²) < 4.78 is 11.6. The third-order valence-corrected chi connectivity index (χ3v) is 4.96. The molecule has 20 heavy (non-hydrogen) atoms. The maximum Gasteiger partial charge on any atom is 0.141 e. The molecule has 0 aromatic rings. The van der Waals surface area contributed by atoms with Gasteiger partial charge in [-0.3, -0.25) is 0 Å². The summed E-state index contributed by atoms with van der Waals surface area (Å²) in [5.41, 5.74) is -0.219. The third kappa shape index (κ3) is 11.9. The van der Waals surface area contributed by atoms with Crippen LogP contribution >= 0.6 is 0 Å². The van der Waals surface area contributed by atoms with Gasteiger partial charge in [-0.15, -0.1) is 0 Å². The van der Waals surface area contributed by atoms with Gasteiger partial charge in [-0.1, -0.05) is 64.7 Å². The number of unbranched alkanes of at least 4 members (excludes halogenated alkanes) is 9. The molecule has 0 rings (SSSR count). The highest BCUT2D eigenvalue weighted by atomic mass is 28.1. The van der Waals surface area contributed by atoms with E-state index >= 15 is 0 Å². The fourth-order valence-corrected chi connectivity index (χ4v) is 3.66. The zero-order chi connectivity index (χ0) is 15.1. The van der Waals surface area contributed by atoms with E-state index in [-0.39, 0.29) is 5.41 Å². The second kappa shape index (κ2) is 14.1. The Hall–Kier alpha value is 0.137. The lowest BCUT2D eigenvalue weighted by Crippen LogP contribution is -2.36. The summed E-state index contributed by atoms with van der Waals surface area (Å²) in [5, 5.41) is 0. The molecule has 0 aliphatic heterocycles. The molecule has 0 atom stereocenters. The second-order valence-corrected chi connectivity index (χ2v) is 7.46. The van der Waals surface area contributed by atoms with E-state index in [9.17, 15) is 0 Å². The van der Waals surface area contributed by atoms with E-state index in [1.165, 1.54) is 64.2 Å². The van der Waals surface area contributed by atoms with Crippen LogP contribution in [-0.2, 0) is 9.47 Å². The Morgan fingerprint density at radius 2 is 1.05 bits per heavy atom. The van der Waals surface area contributed by atoms with Gasteiger partial charge in [0.05, 0.1) is 10.2 Å². The first-order valence-corrected chi connectivity index (χ1v) is 9.96. The van der Waals surface area contributed by atoms with E-state index < -0.39 is 0 Å². The van der Waals surface area contributed by atoms with Crippen molar-refractivity contribution < 1.29 is 9.47 Å². The molecule has 0 unspecified atom stereocenters. The van der Waals surface area contributed by atoms with Gasteiger partial charge in [-0.25, -0.2) is 0 Å². The van der Waals surface area contributed by atoms with Crippen molar-refractivity contribution in [1.29, 1.82) is 0 Å². The van der Waals surface area contributed by atoms with Gasteiger partial charge >= 0.3 is 0 Å². The Bertz CT molecular complexity index is 191. The molecule has 0 amide bonds. The molecule has 2 nitrogen and oxygen atoms in total. The molecule has 0 aromatic carbocycles. The topological polar surface area (TPSA) is 18.5 Å². The zero-order valence-electron chi connectivity index (χ0n) is 14.5. The van der Waals surface area contributed by atoms with E-state index in [1.807, 2.05) is 0 Å². The van der Waals surface area contributed by atoms with Gasteiger partial charge in [0.2, 0.25) is 0 Å². The lowest BCUT2D eigenvalue weighted by Gasteiger charge is -2.29. The first kappa shape index (κ1) is 20.1. The highest BCUT2D eigenvalue weighted by Crippen LogP contribution is 2.19. The minimum atomic E-state index is -0.219. The fraction of sp³-hybridized carbons (Fsp3) is 1.00. The maximum atomic E-state index is 5.79. The first-order chi connectivity index (χ1) is 9.68. The van der Waals surface area contributed by atoms with Crippen molar-refractivity contribution in [3.05, 3.63) is 0 Å². The van der Waals surface area contributed by atoms with Crippen LogP contribution in [0.1, 0.15) is 91.4 Å². The Balaban J connectivity index is 3.41. The summed E-state index contributed by atoms with van der Waals surface area (Å²) in [6, 6.07) is 0. The van der Waals surface area contributed by atoms with Gasteiger partial charge in [0.15, 0.2) is 0 Å². The number of rotatable bonds is 15. The van der Waals surface area contributed by atoms with E-state index in [0.717, 1.165) is 29.9 Å². The smallest absolute Gasteiger partial charge is 0.141 e. The first-order valence-electron chi connectivity index (χ1n) is 8.96. The Labute approximate surface area is 130 Å². The molecular formula is C17H38O2Si. The van der Waals surface area contributed by atoms with Crippen molar-refractivity contribution in [2.24, 2.45) is 0 Å². The molecule has 0 fully saturated rings. The number of hydrogen-bond acceptors (Lipinski definition) is 2. The van der Waals surface area contributed by atoms with E-state index in [0.29, 0.717) is 0 Å². The van der Waals surface area contributed by atoms with Gasteiger partial charge in [0, 0.05) is 13.2 Å². The van der Waals surface area contributed by atoms with Crippen LogP contribution in [0.4, 0.5) is 0 Å². The van der Waals surface area contributed by atoms with E-state index in [4.69, 9.17) is 9.47 Å². The van der Waals surface area contributed by atoms with Gasteiger partial charge in [-0.05, 0) is 26.7 Å². The maximum absolute atomic E-state index is 5.79. The molecule has 0 bridgehead atoms. The van der Waals surface area contributed by atoms with Crippen LogP contribution in [0.2, 0.25) is 0 Å². The molecule has 3 heteroatoms. The van der Waals surface area contributed by atoms with Crippen LogP contribution < -0.4 is 0 Å². The molecular weight excluding hydrogens is 264 g/mol. The molecule has 0 saturated carbocycles. The van der Waals surface area contributed by atoms with E-state index in [2.05, 4.69) is 20.8 Å². The highest BCUT2D eigenvalue weighted by molar-refractivity contribution is 6.13. The average molecular weight is 303 g/mol. The summed E-state index contributed by atoms with van der Waals surface area (Å²) in [5.74, 6) is 0. The Kier molecular flexibility index (Phi) is 14.2. The fourth-order valence-electron chi connectivity index (χ4n) is 2.73. The minimum absolute atomic E-state index is 0.219. The van der Waals surface area contributed by atoms with Crippen LogP contribution in [0, 0.1) is 0 Å². The molecule has 0 saturated heterocycles. The number of ether oxygens (including phenoxy) is 2. The van der Waals surface area contributed by atoms with Gasteiger partial charge in [-0.2, -0.15) is 0 Å². The largest absolute Gasteiger partial charge is 0.355 e. The molecule has 122 valence electrons.